The van der Waals surface area contributed by atoms with Gasteiger partial charge < -0.3 is 10.2 Å². The molecule has 0 radical (unpaired) electrons. The van der Waals surface area contributed by atoms with E-state index in [4.69, 9.17) is 0 Å². The molecule has 1 N–H and O–H groups in total. The summed E-state index contributed by atoms with van der Waals surface area (Å²) in [4.78, 5) is 29.4. The highest BCUT2D eigenvalue weighted by molar-refractivity contribution is 5.88. The largest absolute Gasteiger partial charge is 0.350 e. The molecular weight excluding hydrogens is 428 g/mol. The second kappa shape index (κ2) is 11.0. The highest BCUT2D eigenvalue weighted by atomic mass is 16.2. The summed E-state index contributed by atoms with van der Waals surface area (Å²) in [5, 5.41) is 15.6. The summed E-state index contributed by atoms with van der Waals surface area (Å²) in [5.41, 5.74) is 2.68. The van der Waals surface area contributed by atoms with E-state index in [1.165, 1.54) is 4.80 Å². The Morgan fingerprint density at radius 2 is 1.74 bits per heavy atom. The van der Waals surface area contributed by atoms with Crippen LogP contribution in [-0.4, -0.2) is 55.0 Å². The number of rotatable bonds is 9. The summed E-state index contributed by atoms with van der Waals surface area (Å²) in [5.74, 6) is 0.0733. The molecule has 1 atom stereocenters. The SMILES string of the molecule is CC[C@H](C(=O)NC(C)(C)C)N(CCc1ccccc1)C(=O)Cn1nnc(-c2ccc(C)cc2)n1. The van der Waals surface area contributed by atoms with Gasteiger partial charge in [-0.25, -0.2) is 0 Å². The van der Waals surface area contributed by atoms with Gasteiger partial charge in [0.1, 0.15) is 12.6 Å². The minimum atomic E-state index is -0.587. The van der Waals surface area contributed by atoms with Gasteiger partial charge in [0.05, 0.1) is 0 Å². The molecule has 1 heterocycles. The van der Waals surface area contributed by atoms with E-state index in [0.717, 1.165) is 16.7 Å². The number of amides is 2. The molecule has 3 rings (SSSR count). The first kappa shape index (κ1) is 25.1. The predicted molar refractivity (Wildman–Crippen MR) is 132 cm³/mol. The van der Waals surface area contributed by atoms with Gasteiger partial charge in [-0.05, 0) is 51.3 Å². The van der Waals surface area contributed by atoms with E-state index in [1.54, 1.807) is 4.90 Å². The Hall–Kier alpha value is -3.55. The second-order valence-electron chi connectivity index (χ2n) is 9.50. The van der Waals surface area contributed by atoms with Gasteiger partial charge in [-0.2, -0.15) is 4.80 Å². The number of hydrogen-bond donors (Lipinski definition) is 1. The zero-order valence-corrected chi connectivity index (χ0v) is 20.7. The molecule has 1 aromatic heterocycles. The minimum Gasteiger partial charge on any atom is -0.350 e. The Kier molecular flexibility index (Phi) is 8.15. The standard InChI is InChI=1S/C26H34N6O2/c1-6-22(25(34)27-26(3,4)5)31(17-16-20-10-8-7-9-11-20)23(33)18-32-29-24(28-30-32)21-14-12-19(2)13-15-21/h7-15,22H,6,16-18H2,1-5H3,(H,27,34)/t22-/m1/s1. The fourth-order valence-electron chi connectivity index (χ4n) is 3.69. The van der Waals surface area contributed by atoms with Gasteiger partial charge in [-0.15, -0.1) is 10.2 Å². The van der Waals surface area contributed by atoms with Crippen molar-refractivity contribution in [3.05, 3.63) is 65.7 Å². The van der Waals surface area contributed by atoms with Crippen LogP contribution in [0.25, 0.3) is 11.4 Å². The van der Waals surface area contributed by atoms with Crippen molar-refractivity contribution in [2.45, 2.75) is 65.6 Å². The van der Waals surface area contributed by atoms with Crippen LogP contribution in [-0.2, 0) is 22.6 Å². The first-order chi connectivity index (χ1) is 16.2. The average Bonchev–Trinajstić information content (AvgIpc) is 3.24. The molecule has 0 spiro atoms. The average molecular weight is 463 g/mol. The molecule has 2 aromatic carbocycles. The summed E-state index contributed by atoms with van der Waals surface area (Å²) in [7, 11) is 0. The zero-order chi connectivity index (χ0) is 24.7. The lowest BCUT2D eigenvalue weighted by Gasteiger charge is -2.33. The maximum absolute atomic E-state index is 13.4. The lowest BCUT2D eigenvalue weighted by Crippen LogP contribution is -2.54. The number of benzene rings is 2. The Bertz CT molecular complexity index is 1090. The minimum absolute atomic E-state index is 0.0903. The van der Waals surface area contributed by atoms with Gasteiger partial charge >= 0.3 is 0 Å². The normalized spacial score (nSPS) is 12.3. The van der Waals surface area contributed by atoms with Crippen molar-refractivity contribution >= 4 is 11.8 Å². The number of carbonyl (C=O) groups is 2. The van der Waals surface area contributed by atoms with E-state index in [9.17, 15) is 9.59 Å². The number of aryl methyl sites for hydroxylation is 1. The molecule has 8 heteroatoms. The number of aromatic nitrogens is 4. The summed E-state index contributed by atoms with van der Waals surface area (Å²) < 4.78 is 0. The van der Waals surface area contributed by atoms with Crippen LogP contribution in [0, 0.1) is 6.92 Å². The molecule has 0 aliphatic rings. The highest BCUT2D eigenvalue weighted by Crippen LogP contribution is 2.15. The van der Waals surface area contributed by atoms with Crippen LogP contribution in [0.2, 0.25) is 0 Å². The van der Waals surface area contributed by atoms with E-state index >= 15 is 0 Å². The number of carbonyl (C=O) groups excluding carboxylic acids is 2. The van der Waals surface area contributed by atoms with E-state index < -0.39 is 11.6 Å². The van der Waals surface area contributed by atoms with Crippen molar-refractivity contribution in [2.24, 2.45) is 0 Å². The molecule has 34 heavy (non-hydrogen) atoms. The van der Waals surface area contributed by atoms with Gasteiger partial charge in [0.15, 0.2) is 0 Å². The predicted octanol–water partition coefficient (Wildman–Crippen LogP) is 3.41. The van der Waals surface area contributed by atoms with Crippen LogP contribution in [0.1, 0.15) is 45.2 Å². The van der Waals surface area contributed by atoms with Crippen LogP contribution in [0.4, 0.5) is 0 Å². The van der Waals surface area contributed by atoms with E-state index in [2.05, 4.69) is 20.7 Å². The van der Waals surface area contributed by atoms with Crippen molar-refractivity contribution in [2.75, 3.05) is 6.54 Å². The van der Waals surface area contributed by atoms with Crippen LogP contribution in [0.15, 0.2) is 54.6 Å². The molecular formula is C26H34N6O2. The lowest BCUT2D eigenvalue weighted by molar-refractivity contribution is -0.142. The van der Waals surface area contributed by atoms with Crippen molar-refractivity contribution in [3.8, 4) is 11.4 Å². The molecule has 0 unspecified atom stereocenters. The van der Waals surface area contributed by atoms with Crippen molar-refractivity contribution in [3.63, 3.8) is 0 Å². The Balaban J connectivity index is 1.79. The Morgan fingerprint density at radius 1 is 1.06 bits per heavy atom. The van der Waals surface area contributed by atoms with Gasteiger partial charge in [0, 0.05) is 17.6 Å². The molecule has 0 saturated carbocycles. The first-order valence-corrected chi connectivity index (χ1v) is 11.7. The van der Waals surface area contributed by atoms with Crippen LogP contribution in [0.3, 0.4) is 0 Å². The molecule has 3 aromatic rings. The van der Waals surface area contributed by atoms with Gasteiger partial charge in [0.2, 0.25) is 17.6 Å². The van der Waals surface area contributed by atoms with Crippen LogP contribution in [0.5, 0.6) is 0 Å². The number of hydrogen-bond acceptors (Lipinski definition) is 5. The summed E-state index contributed by atoms with van der Waals surface area (Å²) >= 11 is 0. The van der Waals surface area contributed by atoms with E-state index in [0.29, 0.717) is 25.2 Å². The monoisotopic (exact) mass is 462 g/mol. The quantitative estimate of drug-likeness (QED) is 0.526. The molecule has 2 amide bonds. The van der Waals surface area contributed by atoms with E-state index in [1.807, 2.05) is 89.2 Å². The molecule has 0 aliphatic carbocycles. The molecule has 0 fully saturated rings. The summed E-state index contributed by atoms with van der Waals surface area (Å²) in [6, 6.07) is 17.2. The van der Waals surface area contributed by atoms with Gasteiger partial charge in [-0.1, -0.05) is 67.1 Å². The number of tetrazole rings is 1. The van der Waals surface area contributed by atoms with Gasteiger partial charge in [0.25, 0.3) is 0 Å². The van der Waals surface area contributed by atoms with E-state index in [-0.39, 0.29) is 18.4 Å². The zero-order valence-electron chi connectivity index (χ0n) is 20.7. The smallest absolute Gasteiger partial charge is 0.246 e. The van der Waals surface area contributed by atoms with Crippen molar-refractivity contribution < 1.29 is 9.59 Å². The second-order valence-corrected chi connectivity index (χ2v) is 9.50. The molecule has 0 aliphatic heterocycles. The number of nitrogens with one attached hydrogen (secondary N) is 1. The summed E-state index contributed by atoms with van der Waals surface area (Å²) in [6.07, 6.45) is 1.15. The maximum Gasteiger partial charge on any atom is 0.246 e. The third kappa shape index (κ3) is 6.97. The third-order valence-electron chi connectivity index (χ3n) is 5.41. The van der Waals surface area contributed by atoms with Crippen LogP contribution >= 0.6 is 0 Å². The molecule has 180 valence electrons. The lowest BCUT2D eigenvalue weighted by atomic mass is 10.1. The topological polar surface area (TPSA) is 93.0 Å². The van der Waals surface area contributed by atoms with Crippen molar-refractivity contribution in [1.82, 2.24) is 30.4 Å². The Morgan fingerprint density at radius 3 is 2.35 bits per heavy atom. The third-order valence-corrected chi connectivity index (χ3v) is 5.41. The first-order valence-electron chi connectivity index (χ1n) is 11.7. The number of nitrogens with zero attached hydrogens (tertiary/aromatic N) is 5. The molecule has 0 saturated heterocycles. The fraction of sp³-hybridized carbons (Fsp3) is 0.423. The highest BCUT2D eigenvalue weighted by Gasteiger charge is 2.30. The Labute approximate surface area is 201 Å². The maximum atomic E-state index is 13.4. The van der Waals surface area contributed by atoms with Crippen molar-refractivity contribution in [1.29, 1.82) is 0 Å². The summed E-state index contributed by atoms with van der Waals surface area (Å²) in [6.45, 7) is 10.0. The molecule has 8 nitrogen and oxygen atoms in total. The van der Waals surface area contributed by atoms with Gasteiger partial charge in [-0.3, -0.25) is 9.59 Å². The fourth-order valence-corrected chi connectivity index (χ4v) is 3.69. The molecule has 0 bridgehead atoms. The van der Waals surface area contributed by atoms with Crippen LogP contribution < -0.4 is 5.32 Å².